The van der Waals surface area contributed by atoms with Gasteiger partial charge < -0.3 is 9.88 Å². The number of aromatic nitrogens is 3. The second-order valence-electron chi connectivity index (χ2n) is 6.51. The predicted molar refractivity (Wildman–Crippen MR) is 103 cm³/mol. The molecule has 1 heterocycles. The number of hydrogen-bond donors (Lipinski definition) is 2. The molecule has 0 bridgehead atoms. The average molecular weight is 375 g/mol. The Morgan fingerprint density at radius 1 is 1.19 bits per heavy atom. The number of carbonyl (C=O) groups excluding carboxylic acids is 2. The number of nitrogens with zero attached hydrogens (tertiary/aromatic N) is 3. The Hall–Kier alpha value is -2.35. The highest BCUT2D eigenvalue weighted by atomic mass is 32.2. The standard InChI is InChI=1S/C18H25N5O2S/c1-12(2)9-10-19-17(25)20-15(24)11-26-18-22-21-16(23(18)4)14-7-5-13(3)6-8-14/h5-8,12H,9-11H2,1-4H3,(H2,19,20,24,25). The van der Waals surface area contributed by atoms with Gasteiger partial charge in [-0.25, -0.2) is 4.79 Å². The average Bonchev–Trinajstić information content (AvgIpc) is 2.94. The third-order valence-electron chi connectivity index (χ3n) is 3.74. The van der Waals surface area contributed by atoms with Crippen LogP contribution in [-0.4, -0.2) is 39.0 Å². The van der Waals surface area contributed by atoms with E-state index in [9.17, 15) is 9.59 Å². The summed E-state index contributed by atoms with van der Waals surface area (Å²) >= 11 is 1.24. The molecule has 1 aromatic heterocycles. The van der Waals surface area contributed by atoms with Gasteiger partial charge in [-0.05, 0) is 19.3 Å². The maximum Gasteiger partial charge on any atom is 0.321 e. The van der Waals surface area contributed by atoms with E-state index in [4.69, 9.17) is 0 Å². The first-order chi connectivity index (χ1) is 12.4. The third-order valence-corrected chi connectivity index (χ3v) is 4.76. The Morgan fingerprint density at radius 2 is 1.88 bits per heavy atom. The van der Waals surface area contributed by atoms with Gasteiger partial charge in [-0.3, -0.25) is 10.1 Å². The summed E-state index contributed by atoms with van der Waals surface area (Å²) in [5, 5.41) is 13.9. The number of benzene rings is 1. The number of rotatable bonds is 7. The second kappa shape index (κ2) is 9.38. The molecule has 0 aliphatic carbocycles. The van der Waals surface area contributed by atoms with Crippen molar-refractivity contribution in [3.05, 3.63) is 29.8 Å². The molecule has 0 fully saturated rings. The molecule has 0 saturated heterocycles. The molecule has 140 valence electrons. The van der Waals surface area contributed by atoms with Crippen molar-refractivity contribution in [2.45, 2.75) is 32.3 Å². The van der Waals surface area contributed by atoms with E-state index in [0.717, 1.165) is 17.8 Å². The number of amides is 3. The summed E-state index contributed by atoms with van der Waals surface area (Å²) in [6.07, 6.45) is 0.872. The lowest BCUT2D eigenvalue weighted by Crippen LogP contribution is -2.40. The van der Waals surface area contributed by atoms with Gasteiger partial charge in [0.1, 0.15) is 0 Å². The van der Waals surface area contributed by atoms with Crippen molar-refractivity contribution in [2.75, 3.05) is 12.3 Å². The fourth-order valence-electron chi connectivity index (χ4n) is 2.21. The Kier molecular flexibility index (Phi) is 7.20. The van der Waals surface area contributed by atoms with Crippen LogP contribution in [0.4, 0.5) is 4.79 Å². The van der Waals surface area contributed by atoms with Crippen LogP contribution in [0.1, 0.15) is 25.8 Å². The second-order valence-corrected chi connectivity index (χ2v) is 7.45. The zero-order valence-electron chi connectivity index (χ0n) is 15.6. The highest BCUT2D eigenvalue weighted by Gasteiger charge is 2.14. The van der Waals surface area contributed by atoms with Gasteiger partial charge in [0.15, 0.2) is 11.0 Å². The lowest BCUT2D eigenvalue weighted by atomic mass is 10.1. The van der Waals surface area contributed by atoms with Gasteiger partial charge in [-0.1, -0.05) is 55.4 Å². The van der Waals surface area contributed by atoms with Crippen molar-refractivity contribution in [3.8, 4) is 11.4 Å². The van der Waals surface area contributed by atoms with Crippen LogP contribution >= 0.6 is 11.8 Å². The molecule has 1 aromatic carbocycles. The van der Waals surface area contributed by atoms with Crippen LogP contribution in [0.25, 0.3) is 11.4 Å². The molecule has 0 radical (unpaired) electrons. The van der Waals surface area contributed by atoms with Crippen molar-refractivity contribution in [3.63, 3.8) is 0 Å². The van der Waals surface area contributed by atoms with E-state index in [1.807, 2.05) is 42.8 Å². The first-order valence-electron chi connectivity index (χ1n) is 8.53. The van der Waals surface area contributed by atoms with Crippen LogP contribution in [-0.2, 0) is 11.8 Å². The SMILES string of the molecule is Cc1ccc(-c2nnc(SCC(=O)NC(=O)NCCC(C)C)n2C)cc1. The van der Waals surface area contributed by atoms with Crippen LogP contribution in [0.5, 0.6) is 0 Å². The van der Waals surface area contributed by atoms with Crippen LogP contribution in [0.3, 0.4) is 0 Å². The molecule has 0 aliphatic heterocycles. The van der Waals surface area contributed by atoms with Gasteiger partial charge in [-0.2, -0.15) is 0 Å². The van der Waals surface area contributed by atoms with Crippen molar-refractivity contribution < 1.29 is 9.59 Å². The van der Waals surface area contributed by atoms with Gasteiger partial charge in [-0.15, -0.1) is 10.2 Å². The number of nitrogens with one attached hydrogen (secondary N) is 2. The van der Waals surface area contributed by atoms with Gasteiger partial charge in [0.25, 0.3) is 0 Å². The fraction of sp³-hybridized carbons (Fsp3) is 0.444. The van der Waals surface area contributed by atoms with Gasteiger partial charge >= 0.3 is 6.03 Å². The van der Waals surface area contributed by atoms with Gasteiger partial charge in [0.05, 0.1) is 5.75 Å². The van der Waals surface area contributed by atoms with E-state index in [1.165, 1.54) is 17.3 Å². The van der Waals surface area contributed by atoms with E-state index >= 15 is 0 Å². The molecule has 0 unspecified atom stereocenters. The molecule has 0 aliphatic rings. The molecular weight excluding hydrogens is 350 g/mol. The first-order valence-corrected chi connectivity index (χ1v) is 9.52. The molecule has 7 nitrogen and oxygen atoms in total. The first kappa shape index (κ1) is 20.0. The van der Waals surface area contributed by atoms with E-state index < -0.39 is 6.03 Å². The Morgan fingerprint density at radius 3 is 2.54 bits per heavy atom. The summed E-state index contributed by atoms with van der Waals surface area (Å²) in [7, 11) is 1.86. The smallest absolute Gasteiger partial charge is 0.321 e. The molecule has 26 heavy (non-hydrogen) atoms. The normalized spacial score (nSPS) is 10.8. The molecule has 0 spiro atoms. The minimum Gasteiger partial charge on any atom is -0.338 e. The van der Waals surface area contributed by atoms with E-state index in [2.05, 4.69) is 34.7 Å². The Labute approximate surface area is 158 Å². The zero-order valence-corrected chi connectivity index (χ0v) is 16.4. The number of thioether (sulfide) groups is 1. The number of aryl methyl sites for hydroxylation is 1. The van der Waals surface area contributed by atoms with Gasteiger partial charge in [0.2, 0.25) is 5.91 Å². The molecule has 8 heteroatoms. The van der Waals surface area contributed by atoms with Gasteiger partial charge in [0, 0.05) is 19.2 Å². The molecule has 2 aromatic rings. The lowest BCUT2D eigenvalue weighted by molar-refractivity contribution is -0.117. The van der Waals surface area contributed by atoms with Crippen molar-refractivity contribution >= 4 is 23.7 Å². The van der Waals surface area contributed by atoms with E-state index in [1.54, 1.807) is 0 Å². The largest absolute Gasteiger partial charge is 0.338 e. The molecule has 3 amide bonds. The Bertz CT molecular complexity index is 755. The molecule has 0 atom stereocenters. The number of carbonyl (C=O) groups is 2. The highest BCUT2D eigenvalue weighted by Crippen LogP contribution is 2.22. The molecule has 2 N–H and O–H groups in total. The fourth-order valence-corrected chi connectivity index (χ4v) is 2.92. The maximum absolute atomic E-state index is 11.9. The molecule has 0 saturated carbocycles. The summed E-state index contributed by atoms with van der Waals surface area (Å²) in [6.45, 7) is 6.73. The summed E-state index contributed by atoms with van der Waals surface area (Å²) in [5.74, 6) is 0.966. The monoisotopic (exact) mass is 375 g/mol. The zero-order chi connectivity index (χ0) is 19.1. The third kappa shape index (κ3) is 5.87. The Balaban J connectivity index is 1.85. The van der Waals surface area contributed by atoms with E-state index in [-0.39, 0.29) is 11.7 Å². The number of hydrogen-bond acceptors (Lipinski definition) is 5. The number of urea groups is 1. The van der Waals surface area contributed by atoms with Crippen LogP contribution in [0, 0.1) is 12.8 Å². The van der Waals surface area contributed by atoms with Crippen molar-refractivity contribution in [1.82, 2.24) is 25.4 Å². The van der Waals surface area contributed by atoms with Crippen LogP contribution in [0.15, 0.2) is 29.4 Å². The summed E-state index contributed by atoms with van der Waals surface area (Å²) in [5.41, 5.74) is 2.14. The highest BCUT2D eigenvalue weighted by molar-refractivity contribution is 7.99. The molecular formula is C18H25N5O2S. The summed E-state index contributed by atoms with van der Waals surface area (Å²) in [6, 6.07) is 7.54. The van der Waals surface area contributed by atoms with Crippen molar-refractivity contribution in [1.29, 1.82) is 0 Å². The summed E-state index contributed by atoms with van der Waals surface area (Å²) in [4.78, 5) is 23.5. The quantitative estimate of drug-likeness (QED) is 0.727. The van der Waals surface area contributed by atoms with Crippen LogP contribution in [0.2, 0.25) is 0 Å². The topological polar surface area (TPSA) is 88.9 Å². The number of imide groups is 1. The maximum atomic E-state index is 11.9. The van der Waals surface area contributed by atoms with E-state index in [0.29, 0.717) is 17.6 Å². The predicted octanol–water partition coefficient (Wildman–Crippen LogP) is 2.75. The lowest BCUT2D eigenvalue weighted by Gasteiger charge is -2.08. The minimum absolute atomic E-state index is 0.0947. The minimum atomic E-state index is -0.463. The summed E-state index contributed by atoms with van der Waals surface area (Å²) < 4.78 is 1.84. The van der Waals surface area contributed by atoms with Crippen LogP contribution < -0.4 is 10.6 Å². The molecule has 2 rings (SSSR count). The van der Waals surface area contributed by atoms with Crippen molar-refractivity contribution in [2.24, 2.45) is 13.0 Å².